The number of imidazole rings is 1. The first-order valence-electron chi connectivity index (χ1n) is 4.49. The molecule has 3 nitrogen and oxygen atoms in total. The van der Waals surface area contributed by atoms with E-state index in [0.717, 1.165) is 11.8 Å². The number of aromatic amines is 1. The number of nitrogens with zero attached hydrogens (tertiary/aromatic N) is 1. The molecule has 0 bridgehead atoms. The molecule has 2 N–H and O–H groups in total. The summed E-state index contributed by atoms with van der Waals surface area (Å²) in [6, 6.07) is 2.13. The predicted octanol–water partition coefficient (Wildman–Crippen LogP) is 3.50. The molecule has 0 fully saturated rings. The van der Waals surface area contributed by atoms with Crippen molar-refractivity contribution in [3.8, 4) is 0 Å². The van der Waals surface area contributed by atoms with Crippen LogP contribution in [0, 0.1) is 18.6 Å². The largest absolute Gasteiger partial charge is 0.328 e. The van der Waals surface area contributed by atoms with E-state index in [1.54, 1.807) is 6.20 Å². The number of rotatable bonds is 2. The van der Waals surface area contributed by atoms with Crippen LogP contribution in [0.15, 0.2) is 22.8 Å². The number of aromatic nitrogens is 2. The van der Waals surface area contributed by atoms with Crippen molar-refractivity contribution in [1.82, 2.24) is 9.97 Å². The molecular formula is C10H8BrF2N3. The van der Waals surface area contributed by atoms with Gasteiger partial charge in [0.25, 0.3) is 0 Å². The number of benzene rings is 1. The van der Waals surface area contributed by atoms with Gasteiger partial charge >= 0.3 is 0 Å². The van der Waals surface area contributed by atoms with Gasteiger partial charge in [0.05, 0.1) is 10.2 Å². The molecule has 0 atom stereocenters. The van der Waals surface area contributed by atoms with Gasteiger partial charge in [0.2, 0.25) is 5.95 Å². The molecule has 0 saturated heterocycles. The van der Waals surface area contributed by atoms with E-state index in [2.05, 4.69) is 31.2 Å². The van der Waals surface area contributed by atoms with E-state index in [1.165, 1.54) is 6.07 Å². The van der Waals surface area contributed by atoms with Crippen LogP contribution in [0.3, 0.4) is 0 Å². The van der Waals surface area contributed by atoms with Crippen LogP contribution in [-0.4, -0.2) is 9.97 Å². The topological polar surface area (TPSA) is 40.7 Å². The molecule has 0 unspecified atom stereocenters. The SMILES string of the molecule is Cc1cnc(Nc2cc(Br)c(F)cc2F)[nH]1. The summed E-state index contributed by atoms with van der Waals surface area (Å²) in [5.41, 5.74) is 1.01. The molecule has 1 heterocycles. The third-order valence-corrected chi connectivity index (χ3v) is 2.57. The first kappa shape index (κ1) is 11.1. The minimum absolute atomic E-state index is 0.155. The second kappa shape index (κ2) is 4.21. The van der Waals surface area contributed by atoms with Crippen LogP contribution < -0.4 is 5.32 Å². The van der Waals surface area contributed by atoms with Crippen LogP contribution in [0.4, 0.5) is 20.4 Å². The number of halogens is 3. The maximum Gasteiger partial charge on any atom is 0.204 e. The van der Waals surface area contributed by atoms with Gasteiger partial charge in [-0.2, -0.15) is 0 Å². The van der Waals surface area contributed by atoms with Crippen LogP contribution in [0.2, 0.25) is 0 Å². The van der Waals surface area contributed by atoms with Crippen molar-refractivity contribution in [2.75, 3.05) is 5.32 Å². The fraction of sp³-hybridized carbons (Fsp3) is 0.100. The molecule has 0 spiro atoms. The minimum atomic E-state index is -0.672. The summed E-state index contributed by atoms with van der Waals surface area (Å²) in [4.78, 5) is 6.85. The van der Waals surface area contributed by atoms with Crippen LogP contribution in [0.5, 0.6) is 0 Å². The fourth-order valence-corrected chi connectivity index (χ4v) is 1.57. The summed E-state index contributed by atoms with van der Waals surface area (Å²) in [7, 11) is 0. The minimum Gasteiger partial charge on any atom is -0.328 e. The third kappa shape index (κ3) is 2.21. The Kier molecular flexibility index (Phi) is 2.91. The maximum absolute atomic E-state index is 13.4. The number of hydrogen-bond acceptors (Lipinski definition) is 2. The first-order valence-corrected chi connectivity index (χ1v) is 5.29. The Morgan fingerprint density at radius 3 is 2.69 bits per heavy atom. The highest BCUT2D eigenvalue weighted by atomic mass is 79.9. The molecule has 2 aromatic rings. The monoisotopic (exact) mass is 287 g/mol. The standard InChI is InChI=1S/C10H8BrF2N3/c1-5-4-14-10(15-5)16-9-2-6(11)7(12)3-8(9)13/h2-4H,1H3,(H2,14,15,16). The summed E-state index contributed by atoms with van der Waals surface area (Å²) in [5.74, 6) is -0.900. The molecule has 0 radical (unpaired) electrons. The Bertz CT molecular complexity index is 525. The van der Waals surface area contributed by atoms with Gasteiger partial charge in [0.15, 0.2) is 0 Å². The van der Waals surface area contributed by atoms with Gasteiger partial charge in [-0.3, -0.25) is 0 Å². The molecule has 16 heavy (non-hydrogen) atoms. The van der Waals surface area contributed by atoms with Crippen molar-refractivity contribution in [2.24, 2.45) is 0 Å². The Morgan fingerprint density at radius 1 is 1.31 bits per heavy atom. The van der Waals surface area contributed by atoms with E-state index < -0.39 is 11.6 Å². The van der Waals surface area contributed by atoms with Crippen LogP contribution in [-0.2, 0) is 0 Å². The lowest BCUT2D eigenvalue weighted by molar-refractivity contribution is 0.581. The summed E-state index contributed by atoms with van der Waals surface area (Å²) in [6.07, 6.45) is 1.61. The molecule has 6 heteroatoms. The van der Waals surface area contributed by atoms with Gasteiger partial charge in [-0.25, -0.2) is 13.8 Å². The van der Waals surface area contributed by atoms with Gasteiger partial charge in [0.1, 0.15) is 11.6 Å². The number of anilines is 2. The van der Waals surface area contributed by atoms with Crippen molar-refractivity contribution in [2.45, 2.75) is 6.92 Å². The van der Waals surface area contributed by atoms with Gasteiger partial charge in [0, 0.05) is 18.0 Å². The van der Waals surface area contributed by atoms with Crippen LogP contribution in [0.1, 0.15) is 5.69 Å². The zero-order chi connectivity index (χ0) is 11.7. The van der Waals surface area contributed by atoms with E-state index in [-0.39, 0.29) is 10.2 Å². The van der Waals surface area contributed by atoms with Gasteiger partial charge < -0.3 is 10.3 Å². The van der Waals surface area contributed by atoms with Gasteiger partial charge in [-0.1, -0.05) is 0 Å². The molecule has 0 saturated carbocycles. The van der Waals surface area contributed by atoms with Crippen molar-refractivity contribution < 1.29 is 8.78 Å². The van der Waals surface area contributed by atoms with Crippen molar-refractivity contribution in [1.29, 1.82) is 0 Å². The summed E-state index contributed by atoms with van der Waals surface area (Å²) in [5, 5.41) is 2.72. The second-order valence-corrected chi connectivity index (χ2v) is 4.14. The fourth-order valence-electron chi connectivity index (χ4n) is 1.22. The summed E-state index contributed by atoms with van der Waals surface area (Å²) >= 11 is 2.99. The molecule has 2 rings (SSSR count). The third-order valence-electron chi connectivity index (χ3n) is 1.97. The molecule has 1 aromatic heterocycles. The van der Waals surface area contributed by atoms with Crippen LogP contribution in [0.25, 0.3) is 0 Å². The molecular weight excluding hydrogens is 280 g/mol. The lowest BCUT2D eigenvalue weighted by Crippen LogP contribution is -1.97. The highest BCUT2D eigenvalue weighted by molar-refractivity contribution is 9.10. The lowest BCUT2D eigenvalue weighted by atomic mass is 10.3. The van der Waals surface area contributed by atoms with E-state index in [1.807, 2.05) is 6.92 Å². The molecule has 1 aromatic carbocycles. The Morgan fingerprint density at radius 2 is 2.06 bits per heavy atom. The van der Waals surface area contributed by atoms with Gasteiger partial charge in [-0.05, 0) is 28.9 Å². The van der Waals surface area contributed by atoms with Crippen molar-refractivity contribution in [3.63, 3.8) is 0 Å². The number of H-pyrrole nitrogens is 1. The van der Waals surface area contributed by atoms with E-state index in [0.29, 0.717) is 5.95 Å². The maximum atomic E-state index is 13.4. The Hall–Kier alpha value is -1.43. The average molecular weight is 288 g/mol. The lowest BCUT2D eigenvalue weighted by Gasteiger charge is -2.05. The van der Waals surface area contributed by atoms with Crippen LogP contribution >= 0.6 is 15.9 Å². The second-order valence-electron chi connectivity index (χ2n) is 3.29. The van der Waals surface area contributed by atoms with Gasteiger partial charge in [-0.15, -0.1) is 0 Å². The van der Waals surface area contributed by atoms with Crippen molar-refractivity contribution in [3.05, 3.63) is 40.1 Å². The highest BCUT2D eigenvalue weighted by Gasteiger charge is 2.09. The Balaban J connectivity index is 2.31. The molecule has 0 aliphatic carbocycles. The summed E-state index contributed by atoms with van der Waals surface area (Å²) in [6.45, 7) is 1.83. The number of aryl methyl sites for hydroxylation is 1. The zero-order valence-corrected chi connectivity index (χ0v) is 9.90. The number of nitrogens with one attached hydrogen (secondary N) is 2. The predicted molar refractivity (Wildman–Crippen MR) is 60.7 cm³/mol. The Labute approximate surface area is 99.0 Å². The van der Waals surface area contributed by atoms with Crippen molar-refractivity contribution >= 4 is 27.6 Å². The van der Waals surface area contributed by atoms with E-state index in [4.69, 9.17) is 0 Å². The zero-order valence-electron chi connectivity index (χ0n) is 8.31. The molecule has 0 aliphatic rings. The van der Waals surface area contributed by atoms with E-state index >= 15 is 0 Å². The number of hydrogen-bond donors (Lipinski definition) is 2. The molecule has 84 valence electrons. The highest BCUT2D eigenvalue weighted by Crippen LogP contribution is 2.25. The smallest absolute Gasteiger partial charge is 0.204 e. The molecule has 0 amide bonds. The molecule has 0 aliphatic heterocycles. The first-order chi connectivity index (χ1) is 7.56. The normalized spacial score (nSPS) is 10.5. The summed E-state index contributed by atoms with van der Waals surface area (Å²) < 4.78 is 26.5. The van der Waals surface area contributed by atoms with E-state index in [9.17, 15) is 8.78 Å². The average Bonchev–Trinajstić information content (AvgIpc) is 2.60. The quantitative estimate of drug-likeness (QED) is 0.830.